The normalized spacial score (nSPS) is 16.4. The number of anilines is 1. The standard InChI is InChI=1S/C12H13NO3S/c1-8(15)6-12-13(4-5-14)10-7-9(16)2-3-11(10)17-12/h2-3,6-7,14,16H,4-5H2,1H3/b12-6-. The third kappa shape index (κ3) is 2.45. The molecule has 1 aliphatic heterocycles. The maximum atomic E-state index is 11.1. The van der Waals surface area contributed by atoms with Gasteiger partial charge in [-0.25, -0.2) is 0 Å². The lowest BCUT2D eigenvalue weighted by atomic mass is 10.2. The minimum absolute atomic E-state index is 0.00903. The Balaban J connectivity index is 2.41. The summed E-state index contributed by atoms with van der Waals surface area (Å²) in [5, 5.41) is 19.3. The van der Waals surface area contributed by atoms with Crippen LogP contribution in [0.5, 0.6) is 5.75 Å². The number of thioether (sulfide) groups is 1. The van der Waals surface area contributed by atoms with Gasteiger partial charge in [0.05, 0.1) is 17.3 Å². The lowest BCUT2D eigenvalue weighted by molar-refractivity contribution is -0.112. The van der Waals surface area contributed by atoms with Crippen LogP contribution in [0.15, 0.2) is 34.2 Å². The molecule has 2 N–H and O–H groups in total. The van der Waals surface area contributed by atoms with Crippen molar-refractivity contribution in [1.29, 1.82) is 0 Å². The van der Waals surface area contributed by atoms with E-state index in [0.717, 1.165) is 15.6 Å². The van der Waals surface area contributed by atoms with Crippen molar-refractivity contribution >= 4 is 23.2 Å². The zero-order valence-corrected chi connectivity index (χ0v) is 10.2. The third-order valence-electron chi connectivity index (χ3n) is 2.36. The Morgan fingerprint density at radius 1 is 1.53 bits per heavy atom. The summed E-state index contributed by atoms with van der Waals surface area (Å²) in [7, 11) is 0. The van der Waals surface area contributed by atoms with Crippen LogP contribution in [0.25, 0.3) is 0 Å². The number of carbonyl (C=O) groups excluding carboxylic acids is 1. The van der Waals surface area contributed by atoms with Gasteiger partial charge in [-0.2, -0.15) is 0 Å². The van der Waals surface area contributed by atoms with Gasteiger partial charge in [-0.3, -0.25) is 4.79 Å². The summed E-state index contributed by atoms with van der Waals surface area (Å²) in [5.74, 6) is 0.142. The number of phenols is 1. The van der Waals surface area contributed by atoms with Gasteiger partial charge in [0.2, 0.25) is 0 Å². The molecule has 0 bridgehead atoms. The maximum Gasteiger partial charge on any atom is 0.155 e. The molecule has 1 aromatic carbocycles. The summed E-state index contributed by atoms with van der Waals surface area (Å²) in [5.41, 5.74) is 0.830. The number of phenolic OH excluding ortho intramolecular Hbond substituents is 1. The average molecular weight is 251 g/mol. The van der Waals surface area contributed by atoms with Crippen molar-refractivity contribution in [1.82, 2.24) is 0 Å². The third-order valence-corrected chi connectivity index (χ3v) is 3.48. The van der Waals surface area contributed by atoms with Gasteiger partial charge in [-0.1, -0.05) is 11.8 Å². The molecule has 1 aromatic rings. The number of benzene rings is 1. The predicted octanol–water partition coefficient (Wildman–Crippen LogP) is 1.73. The lowest BCUT2D eigenvalue weighted by Gasteiger charge is -2.18. The molecule has 0 fully saturated rings. The van der Waals surface area contributed by atoms with E-state index in [1.165, 1.54) is 24.8 Å². The molecule has 0 spiro atoms. The molecular weight excluding hydrogens is 238 g/mol. The summed E-state index contributed by atoms with van der Waals surface area (Å²) in [4.78, 5) is 13.9. The molecule has 0 saturated heterocycles. The number of hydrogen-bond acceptors (Lipinski definition) is 5. The van der Waals surface area contributed by atoms with Crippen LogP contribution >= 0.6 is 11.8 Å². The molecule has 0 saturated carbocycles. The smallest absolute Gasteiger partial charge is 0.155 e. The molecule has 0 amide bonds. The van der Waals surface area contributed by atoms with Gasteiger partial charge in [0, 0.05) is 23.6 Å². The van der Waals surface area contributed by atoms with Crippen LogP contribution in [-0.4, -0.2) is 29.1 Å². The topological polar surface area (TPSA) is 60.8 Å². The van der Waals surface area contributed by atoms with E-state index in [1.807, 2.05) is 4.90 Å². The zero-order valence-electron chi connectivity index (χ0n) is 9.38. The number of rotatable bonds is 3. The average Bonchev–Trinajstić information content (AvgIpc) is 2.57. The molecule has 0 radical (unpaired) electrons. The Kier molecular flexibility index (Phi) is 3.40. The quantitative estimate of drug-likeness (QED) is 0.801. The van der Waals surface area contributed by atoms with E-state index in [4.69, 9.17) is 5.11 Å². The van der Waals surface area contributed by atoms with E-state index < -0.39 is 0 Å². The van der Waals surface area contributed by atoms with E-state index in [2.05, 4.69) is 0 Å². The lowest BCUT2D eigenvalue weighted by Crippen LogP contribution is -2.22. The van der Waals surface area contributed by atoms with Gasteiger partial charge >= 0.3 is 0 Å². The summed E-state index contributed by atoms with van der Waals surface area (Å²) in [6.45, 7) is 1.89. The SMILES string of the molecule is CC(=O)/C=C1\Sc2ccc(O)cc2N1CCO. The minimum Gasteiger partial charge on any atom is -0.508 e. The van der Waals surface area contributed by atoms with Gasteiger partial charge in [0.25, 0.3) is 0 Å². The molecule has 4 nitrogen and oxygen atoms in total. The fraction of sp³-hybridized carbons (Fsp3) is 0.250. The Hall–Kier alpha value is -1.46. The van der Waals surface area contributed by atoms with Gasteiger partial charge in [-0.05, 0) is 19.1 Å². The number of ketones is 1. The van der Waals surface area contributed by atoms with Gasteiger partial charge < -0.3 is 15.1 Å². The molecule has 0 aromatic heterocycles. The van der Waals surface area contributed by atoms with Crippen molar-refractivity contribution in [3.05, 3.63) is 29.3 Å². The van der Waals surface area contributed by atoms with Crippen LogP contribution in [0, 0.1) is 0 Å². The number of carbonyl (C=O) groups is 1. The van der Waals surface area contributed by atoms with Crippen molar-refractivity contribution in [3.8, 4) is 5.75 Å². The van der Waals surface area contributed by atoms with E-state index in [-0.39, 0.29) is 18.1 Å². The Bertz CT molecular complexity index is 485. The highest BCUT2D eigenvalue weighted by Gasteiger charge is 2.25. The van der Waals surface area contributed by atoms with E-state index in [9.17, 15) is 9.90 Å². The van der Waals surface area contributed by atoms with E-state index in [0.29, 0.717) is 6.54 Å². The van der Waals surface area contributed by atoms with E-state index in [1.54, 1.807) is 18.2 Å². The minimum atomic E-state index is -0.0348. The van der Waals surface area contributed by atoms with Crippen LogP contribution in [0.3, 0.4) is 0 Å². The predicted molar refractivity (Wildman–Crippen MR) is 67.2 cm³/mol. The second kappa shape index (κ2) is 4.81. The zero-order chi connectivity index (χ0) is 12.4. The highest BCUT2D eigenvalue weighted by Crippen LogP contribution is 2.46. The number of allylic oxidation sites excluding steroid dienone is 1. The molecule has 0 unspecified atom stereocenters. The van der Waals surface area contributed by atoms with Crippen LogP contribution in [0.2, 0.25) is 0 Å². The molecule has 2 rings (SSSR count). The molecule has 0 atom stereocenters. The second-order valence-corrected chi connectivity index (χ2v) is 4.78. The van der Waals surface area contributed by atoms with Gasteiger partial charge in [0.1, 0.15) is 5.75 Å². The molecule has 5 heteroatoms. The van der Waals surface area contributed by atoms with Crippen molar-refractivity contribution in [2.75, 3.05) is 18.1 Å². The van der Waals surface area contributed by atoms with Crippen molar-refractivity contribution in [3.63, 3.8) is 0 Å². The Labute approximate surface area is 104 Å². The van der Waals surface area contributed by atoms with Crippen molar-refractivity contribution in [2.24, 2.45) is 0 Å². The largest absolute Gasteiger partial charge is 0.508 e. The number of nitrogens with zero attached hydrogens (tertiary/aromatic N) is 1. The van der Waals surface area contributed by atoms with Crippen molar-refractivity contribution in [2.45, 2.75) is 11.8 Å². The van der Waals surface area contributed by atoms with Crippen molar-refractivity contribution < 1.29 is 15.0 Å². The highest BCUT2D eigenvalue weighted by atomic mass is 32.2. The van der Waals surface area contributed by atoms with Crippen LogP contribution in [0.1, 0.15) is 6.92 Å². The fourth-order valence-electron chi connectivity index (χ4n) is 1.70. The molecule has 90 valence electrons. The first-order chi connectivity index (χ1) is 8.11. The Morgan fingerprint density at radius 2 is 2.29 bits per heavy atom. The van der Waals surface area contributed by atoms with Gasteiger partial charge in [-0.15, -0.1) is 0 Å². The monoisotopic (exact) mass is 251 g/mol. The molecule has 17 heavy (non-hydrogen) atoms. The van der Waals surface area contributed by atoms with Crippen LogP contribution in [0.4, 0.5) is 5.69 Å². The second-order valence-electron chi connectivity index (χ2n) is 3.72. The maximum absolute atomic E-state index is 11.1. The van der Waals surface area contributed by atoms with Gasteiger partial charge in [0.15, 0.2) is 5.78 Å². The molecular formula is C12H13NO3S. The number of aromatic hydroxyl groups is 1. The number of aliphatic hydroxyl groups is 1. The summed E-state index contributed by atoms with van der Waals surface area (Å²) in [6, 6.07) is 5.05. The molecule has 1 aliphatic rings. The highest BCUT2D eigenvalue weighted by molar-refractivity contribution is 8.03. The summed E-state index contributed by atoms with van der Waals surface area (Å²) in [6.07, 6.45) is 1.54. The number of β-amino-alcohol motifs (C(OH)–C–C–N with tert-alkyl or cyclic N) is 1. The van der Waals surface area contributed by atoms with E-state index >= 15 is 0 Å². The molecule has 0 aliphatic carbocycles. The first-order valence-corrected chi connectivity index (χ1v) is 6.05. The Morgan fingerprint density at radius 3 is 2.94 bits per heavy atom. The first-order valence-electron chi connectivity index (χ1n) is 5.23. The fourth-order valence-corrected chi connectivity index (χ4v) is 2.86. The first kappa shape index (κ1) is 12.0. The number of hydrogen-bond donors (Lipinski definition) is 2. The molecule has 1 heterocycles. The van der Waals surface area contributed by atoms with Crippen LogP contribution < -0.4 is 4.90 Å². The summed E-state index contributed by atoms with van der Waals surface area (Å²) < 4.78 is 0. The van der Waals surface area contributed by atoms with Crippen LogP contribution in [-0.2, 0) is 4.79 Å². The summed E-state index contributed by atoms with van der Waals surface area (Å²) >= 11 is 1.47. The number of aliphatic hydroxyl groups excluding tert-OH is 1. The number of fused-ring (bicyclic) bond motifs is 1.